The summed E-state index contributed by atoms with van der Waals surface area (Å²) in [5.74, 6) is 1.16. The third-order valence-corrected chi connectivity index (χ3v) is 8.56. The van der Waals surface area contributed by atoms with Crippen molar-refractivity contribution in [3.8, 4) is 0 Å². The number of nitrogens with one attached hydrogen (secondary N) is 2. The van der Waals surface area contributed by atoms with Gasteiger partial charge in [-0.2, -0.15) is 13.2 Å². The van der Waals surface area contributed by atoms with Crippen molar-refractivity contribution in [2.24, 2.45) is 11.8 Å². The Bertz CT molecular complexity index is 1530. The van der Waals surface area contributed by atoms with E-state index in [9.17, 15) is 26.4 Å². The standard InChI is InChI=1S/C31H39F3N6O3S/c1-4-23-19-36-30(38-26-9-7-25(8-10-26)31(32,33)34)39-28(23)17-21(2)5-6-22-12-15-40(16-13-22)29(41)24-11-14-35-27(18-24)20-37-44(3,42)43/h7-11,14,18-19,21-22,37H,4-6,12-13,15-17,20H2,1-3H3,(H,36,38,39). The van der Waals surface area contributed by atoms with Crippen molar-refractivity contribution >= 4 is 27.6 Å². The highest BCUT2D eigenvalue weighted by atomic mass is 32.2. The van der Waals surface area contributed by atoms with Gasteiger partial charge in [0.15, 0.2) is 0 Å². The Morgan fingerprint density at radius 3 is 2.45 bits per heavy atom. The van der Waals surface area contributed by atoms with Gasteiger partial charge in [-0.1, -0.05) is 26.7 Å². The van der Waals surface area contributed by atoms with Gasteiger partial charge in [-0.15, -0.1) is 0 Å². The SMILES string of the molecule is CCc1cnc(Nc2ccc(C(F)(F)F)cc2)nc1CC(C)CCC1CCN(C(=O)c2ccnc(CNS(C)(=O)=O)c2)CC1. The van der Waals surface area contributed by atoms with Crippen LogP contribution in [0.5, 0.6) is 0 Å². The summed E-state index contributed by atoms with van der Waals surface area (Å²) in [6.45, 7) is 5.61. The average Bonchev–Trinajstić information content (AvgIpc) is 2.99. The molecule has 0 saturated carbocycles. The van der Waals surface area contributed by atoms with Gasteiger partial charge < -0.3 is 10.2 Å². The molecule has 4 rings (SSSR count). The van der Waals surface area contributed by atoms with Crippen LogP contribution in [-0.2, 0) is 35.6 Å². The van der Waals surface area contributed by atoms with E-state index in [-0.39, 0.29) is 12.5 Å². The molecule has 1 aromatic carbocycles. The first-order valence-electron chi connectivity index (χ1n) is 14.8. The van der Waals surface area contributed by atoms with Gasteiger partial charge in [0.05, 0.1) is 24.1 Å². The van der Waals surface area contributed by atoms with Crippen LogP contribution in [0.3, 0.4) is 0 Å². The minimum absolute atomic E-state index is 0.0337. The molecule has 1 atom stereocenters. The summed E-state index contributed by atoms with van der Waals surface area (Å²) < 4.78 is 63.8. The van der Waals surface area contributed by atoms with E-state index < -0.39 is 21.8 Å². The van der Waals surface area contributed by atoms with E-state index in [0.29, 0.717) is 47.8 Å². The first-order chi connectivity index (χ1) is 20.8. The van der Waals surface area contributed by atoms with E-state index in [1.165, 1.54) is 18.3 Å². The minimum atomic E-state index is -4.39. The molecule has 2 N–H and O–H groups in total. The zero-order chi connectivity index (χ0) is 31.9. The summed E-state index contributed by atoms with van der Waals surface area (Å²) in [5.41, 5.74) is 2.76. The Kier molecular flexibility index (Phi) is 11.0. The molecule has 2 aromatic heterocycles. The molecule has 0 bridgehead atoms. The molecule has 3 aromatic rings. The maximum absolute atomic E-state index is 13.1. The average molecular weight is 633 g/mol. The molecule has 1 fully saturated rings. The van der Waals surface area contributed by atoms with Crippen LogP contribution in [0.1, 0.15) is 72.4 Å². The van der Waals surface area contributed by atoms with Crippen LogP contribution in [0.2, 0.25) is 0 Å². The van der Waals surface area contributed by atoms with Crippen LogP contribution in [-0.4, -0.2) is 53.5 Å². The van der Waals surface area contributed by atoms with Crippen molar-refractivity contribution in [3.05, 3.63) is 76.9 Å². The van der Waals surface area contributed by atoms with Gasteiger partial charge in [0.1, 0.15) is 0 Å². The maximum atomic E-state index is 13.1. The third-order valence-electron chi connectivity index (χ3n) is 7.89. The number of pyridine rings is 1. The fourth-order valence-electron chi connectivity index (χ4n) is 5.32. The number of aromatic nitrogens is 3. The van der Waals surface area contributed by atoms with Gasteiger partial charge in [-0.3, -0.25) is 9.78 Å². The number of alkyl halides is 3. The molecular weight excluding hydrogens is 593 g/mol. The van der Waals surface area contributed by atoms with Crippen LogP contribution in [0, 0.1) is 11.8 Å². The molecule has 0 spiro atoms. The second-order valence-corrected chi connectivity index (χ2v) is 13.3. The van der Waals surface area contributed by atoms with Crippen LogP contribution in [0.25, 0.3) is 0 Å². The summed E-state index contributed by atoms with van der Waals surface area (Å²) in [6, 6.07) is 8.09. The van der Waals surface area contributed by atoms with Gasteiger partial charge in [-0.05, 0) is 79.5 Å². The number of hydrogen-bond acceptors (Lipinski definition) is 7. The predicted molar refractivity (Wildman–Crippen MR) is 163 cm³/mol. The largest absolute Gasteiger partial charge is 0.416 e. The van der Waals surface area contributed by atoms with E-state index in [1.54, 1.807) is 18.3 Å². The molecule has 9 nitrogen and oxygen atoms in total. The number of nitrogens with zero attached hydrogens (tertiary/aromatic N) is 4. The van der Waals surface area contributed by atoms with Crippen molar-refractivity contribution in [1.82, 2.24) is 24.6 Å². The van der Waals surface area contributed by atoms with Crippen molar-refractivity contribution in [2.75, 3.05) is 24.7 Å². The van der Waals surface area contributed by atoms with E-state index >= 15 is 0 Å². The van der Waals surface area contributed by atoms with Gasteiger partial charge in [0.25, 0.3) is 5.91 Å². The van der Waals surface area contributed by atoms with Crippen LogP contribution in [0.15, 0.2) is 48.8 Å². The van der Waals surface area contributed by atoms with Crippen LogP contribution >= 0.6 is 0 Å². The molecular formula is C31H39F3N6O3S. The second kappa shape index (κ2) is 14.5. The number of carbonyl (C=O) groups excluding carboxylic acids is 1. The molecule has 3 heterocycles. The fraction of sp³-hybridized carbons (Fsp3) is 0.484. The van der Waals surface area contributed by atoms with Crippen LogP contribution in [0.4, 0.5) is 24.8 Å². The van der Waals surface area contributed by atoms with Gasteiger partial charge in [0.2, 0.25) is 16.0 Å². The summed E-state index contributed by atoms with van der Waals surface area (Å²) >= 11 is 0. The molecule has 1 aliphatic rings. The zero-order valence-corrected chi connectivity index (χ0v) is 26.0. The zero-order valence-electron chi connectivity index (χ0n) is 25.2. The number of piperidine rings is 1. The van der Waals surface area contributed by atoms with E-state index in [2.05, 4.69) is 26.9 Å². The Morgan fingerprint density at radius 2 is 1.82 bits per heavy atom. The maximum Gasteiger partial charge on any atom is 0.416 e. The number of aryl methyl sites for hydroxylation is 1. The first-order valence-corrected chi connectivity index (χ1v) is 16.7. The Labute approximate surface area is 256 Å². The lowest BCUT2D eigenvalue weighted by Crippen LogP contribution is -2.38. The number of benzene rings is 1. The molecule has 1 amide bonds. The number of rotatable bonds is 12. The monoisotopic (exact) mass is 632 g/mol. The highest BCUT2D eigenvalue weighted by Crippen LogP contribution is 2.30. The number of likely N-dealkylation sites (tertiary alicyclic amines) is 1. The molecule has 44 heavy (non-hydrogen) atoms. The lowest BCUT2D eigenvalue weighted by atomic mass is 9.87. The minimum Gasteiger partial charge on any atom is -0.339 e. The van der Waals surface area contributed by atoms with Crippen molar-refractivity contribution in [1.29, 1.82) is 0 Å². The van der Waals surface area contributed by atoms with Gasteiger partial charge in [0, 0.05) is 42.4 Å². The number of halogens is 3. The smallest absolute Gasteiger partial charge is 0.339 e. The van der Waals surface area contributed by atoms with E-state index in [0.717, 1.165) is 68.2 Å². The van der Waals surface area contributed by atoms with Gasteiger partial charge in [-0.25, -0.2) is 23.1 Å². The normalized spacial score (nSPS) is 15.3. The lowest BCUT2D eigenvalue weighted by molar-refractivity contribution is -0.137. The lowest BCUT2D eigenvalue weighted by Gasteiger charge is -2.32. The van der Waals surface area contributed by atoms with Gasteiger partial charge >= 0.3 is 6.18 Å². The Morgan fingerprint density at radius 1 is 1.11 bits per heavy atom. The molecule has 1 saturated heterocycles. The highest BCUT2D eigenvalue weighted by Gasteiger charge is 2.30. The van der Waals surface area contributed by atoms with Crippen molar-refractivity contribution < 1.29 is 26.4 Å². The molecule has 13 heteroatoms. The predicted octanol–water partition coefficient (Wildman–Crippen LogP) is 5.76. The molecule has 0 aliphatic carbocycles. The molecule has 1 unspecified atom stereocenters. The van der Waals surface area contributed by atoms with E-state index in [1.807, 2.05) is 11.8 Å². The number of hydrogen-bond donors (Lipinski definition) is 2. The summed E-state index contributed by atoms with van der Waals surface area (Å²) in [4.78, 5) is 28.2. The summed E-state index contributed by atoms with van der Waals surface area (Å²) in [6.07, 6.45) is 5.43. The Hall–Kier alpha value is -3.58. The number of amides is 1. The first kappa shape index (κ1) is 33.3. The number of anilines is 2. The van der Waals surface area contributed by atoms with Crippen molar-refractivity contribution in [3.63, 3.8) is 0 Å². The number of carbonyl (C=O) groups is 1. The fourth-order valence-corrected chi connectivity index (χ4v) is 5.73. The van der Waals surface area contributed by atoms with Crippen molar-refractivity contribution in [2.45, 2.75) is 65.1 Å². The number of sulfonamides is 1. The topological polar surface area (TPSA) is 117 Å². The summed E-state index contributed by atoms with van der Waals surface area (Å²) in [5, 5.41) is 3.02. The van der Waals surface area contributed by atoms with E-state index in [4.69, 9.17) is 4.98 Å². The highest BCUT2D eigenvalue weighted by molar-refractivity contribution is 7.88. The summed E-state index contributed by atoms with van der Waals surface area (Å²) in [7, 11) is -3.36. The molecule has 238 valence electrons. The Balaban J connectivity index is 1.26. The molecule has 0 radical (unpaired) electrons. The second-order valence-electron chi connectivity index (χ2n) is 11.5. The quantitative estimate of drug-likeness (QED) is 0.261. The van der Waals surface area contributed by atoms with Crippen LogP contribution < -0.4 is 10.0 Å². The third kappa shape index (κ3) is 9.71. The molecule has 1 aliphatic heterocycles.